The highest BCUT2D eigenvalue weighted by atomic mass is 16.5. The maximum absolute atomic E-state index is 13.4. The predicted molar refractivity (Wildman–Crippen MR) is 136 cm³/mol. The Morgan fingerprint density at radius 3 is 2.62 bits per heavy atom. The number of hydrogen-bond acceptors (Lipinski definition) is 7. The summed E-state index contributed by atoms with van der Waals surface area (Å²) < 4.78 is 11.1. The summed E-state index contributed by atoms with van der Waals surface area (Å²) in [5, 5.41) is 33.3. The Labute approximate surface area is 220 Å². The summed E-state index contributed by atoms with van der Waals surface area (Å²) >= 11 is 0. The van der Waals surface area contributed by atoms with Gasteiger partial charge in [-0.3, -0.25) is 9.59 Å². The van der Waals surface area contributed by atoms with E-state index in [-0.39, 0.29) is 54.6 Å². The van der Waals surface area contributed by atoms with Gasteiger partial charge in [-0.1, -0.05) is 13.8 Å². The Balaban J connectivity index is 1.45. The van der Waals surface area contributed by atoms with Gasteiger partial charge < -0.3 is 29.7 Å². The summed E-state index contributed by atoms with van der Waals surface area (Å²) in [6, 6.07) is -0.114. The summed E-state index contributed by atoms with van der Waals surface area (Å²) in [7, 11) is 1.53. The molecule has 1 amide bonds. The molecule has 3 saturated carbocycles. The molecule has 5 aliphatic rings. The number of hydrogen-bond donors (Lipinski definition) is 3. The summed E-state index contributed by atoms with van der Waals surface area (Å²) in [5.41, 5.74) is -1.30. The van der Waals surface area contributed by atoms with E-state index in [1.54, 1.807) is 6.08 Å². The number of aliphatic hydroxyl groups is 3. The Kier molecular flexibility index (Phi) is 7.15. The molecule has 1 aliphatic heterocycles. The summed E-state index contributed by atoms with van der Waals surface area (Å²) in [6.07, 6.45) is 5.44. The molecule has 0 radical (unpaired) electrons. The summed E-state index contributed by atoms with van der Waals surface area (Å²) in [4.78, 5) is 28.5. The van der Waals surface area contributed by atoms with Gasteiger partial charge in [0, 0.05) is 37.6 Å². The third kappa shape index (κ3) is 4.13. The highest BCUT2D eigenvalue weighted by Gasteiger charge is 2.67. The number of ketones is 1. The number of fused-ring (bicyclic) bond motifs is 5. The van der Waals surface area contributed by atoms with Crippen molar-refractivity contribution in [3.8, 4) is 0 Å². The summed E-state index contributed by atoms with van der Waals surface area (Å²) in [5.74, 6) is -0.389. The molecule has 0 aromatic rings. The quantitative estimate of drug-likeness (QED) is 0.493. The molecule has 4 fully saturated rings. The van der Waals surface area contributed by atoms with Gasteiger partial charge in [0.15, 0.2) is 5.78 Å². The van der Waals surface area contributed by atoms with Crippen LogP contribution in [-0.2, 0) is 19.1 Å². The van der Waals surface area contributed by atoms with Crippen molar-refractivity contribution in [2.24, 2.45) is 28.6 Å². The molecule has 3 N–H and O–H groups in total. The van der Waals surface area contributed by atoms with Gasteiger partial charge in [-0.2, -0.15) is 0 Å². The van der Waals surface area contributed by atoms with Gasteiger partial charge in [0.1, 0.15) is 6.61 Å². The van der Waals surface area contributed by atoms with Crippen molar-refractivity contribution in [3.05, 3.63) is 11.6 Å². The third-order valence-electron chi connectivity index (χ3n) is 11.3. The van der Waals surface area contributed by atoms with Gasteiger partial charge in [-0.05, 0) is 87.2 Å². The maximum atomic E-state index is 13.4. The number of ether oxygens (including phenoxy) is 2. The standard InChI is InChI=1S/C29H45NO7/c1-17(30(26(34)16-36-4)15-18-6-5-11-37-18)19-8-10-29(35)21-12-23(31)22-13-24(32)25(33)14-27(22,2)20(21)7-9-28(19,29)3/h12,17-20,22,24-25,32-33,35H,5-11,13-16H2,1-4H3/t17?,18?,19?,20?,22-,24+,25-,27+,28+,29+/m0/s1. The van der Waals surface area contributed by atoms with Gasteiger partial charge in [0.05, 0.1) is 23.9 Å². The minimum atomic E-state index is -1.14. The van der Waals surface area contributed by atoms with Crippen LogP contribution in [0.4, 0.5) is 0 Å². The highest BCUT2D eigenvalue weighted by Crippen LogP contribution is 2.67. The molecule has 8 heteroatoms. The van der Waals surface area contributed by atoms with Crippen LogP contribution in [0.2, 0.25) is 0 Å². The molecule has 1 heterocycles. The molecular weight excluding hydrogens is 474 g/mol. The Morgan fingerprint density at radius 1 is 1.19 bits per heavy atom. The lowest BCUT2D eigenvalue weighted by molar-refractivity contribution is -0.155. The lowest BCUT2D eigenvalue weighted by Gasteiger charge is -2.60. The van der Waals surface area contributed by atoms with Crippen molar-refractivity contribution in [1.82, 2.24) is 4.90 Å². The molecule has 0 aromatic carbocycles. The lowest BCUT2D eigenvalue weighted by atomic mass is 9.46. The van der Waals surface area contributed by atoms with E-state index in [0.717, 1.165) is 44.3 Å². The first kappa shape index (κ1) is 27.3. The zero-order chi connectivity index (χ0) is 26.8. The second-order valence-electron chi connectivity index (χ2n) is 13.0. The SMILES string of the molecule is COCC(=O)N(CC1CCCO1)C(C)C1CC[C@@]2(O)C3=CC(=O)[C@@H]4C[C@@H](O)[C@@H](O)C[C@]4(C)C3CC[C@]12C. The zero-order valence-corrected chi connectivity index (χ0v) is 22.8. The largest absolute Gasteiger partial charge is 0.390 e. The van der Waals surface area contributed by atoms with Crippen molar-refractivity contribution in [2.75, 3.05) is 26.9 Å². The summed E-state index contributed by atoms with van der Waals surface area (Å²) in [6.45, 7) is 7.56. The number of nitrogens with zero attached hydrogens (tertiary/aromatic N) is 1. The van der Waals surface area contributed by atoms with E-state index in [2.05, 4.69) is 20.8 Å². The van der Waals surface area contributed by atoms with Gasteiger partial charge in [0.2, 0.25) is 5.91 Å². The highest BCUT2D eigenvalue weighted by molar-refractivity contribution is 5.95. The molecule has 208 valence electrons. The molecule has 8 nitrogen and oxygen atoms in total. The number of rotatable bonds is 6. The molecule has 1 saturated heterocycles. The van der Waals surface area contributed by atoms with Gasteiger partial charge >= 0.3 is 0 Å². The van der Waals surface area contributed by atoms with Gasteiger partial charge in [-0.15, -0.1) is 0 Å². The Morgan fingerprint density at radius 2 is 1.95 bits per heavy atom. The van der Waals surface area contributed by atoms with E-state index in [9.17, 15) is 24.9 Å². The van der Waals surface area contributed by atoms with Gasteiger partial charge in [-0.25, -0.2) is 0 Å². The first-order valence-electron chi connectivity index (χ1n) is 14.2. The van der Waals surface area contributed by atoms with Gasteiger partial charge in [0.25, 0.3) is 0 Å². The number of carbonyl (C=O) groups excluding carboxylic acids is 2. The molecule has 4 unspecified atom stereocenters. The molecule has 0 aromatic heterocycles. The lowest BCUT2D eigenvalue weighted by Crippen LogP contribution is -2.62. The zero-order valence-electron chi connectivity index (χ0n) is 22.8. The fourth-order valence-corrected chi connectivity index (χ4v) is 9.11. The van der Waals surface area contributed by atoms with Crippen molar-refractivity contribution in [3.63, 3.8) is 0 Å². The topological polar surface area (TPSA) is 117 Å². The van der Waals surface area contributed by atoms with E-state index in [0.29, 0.717) is 19.4 Å². The fraction of sp³-hybridized carbons (Fsp3) is 0.862. The Hall–Kier alpha value is -1.32. The van der Waals surface area contributed by atoms with Crippen LogP contribution in [0.15, 0.2) is 11.6 Å². The molecule has 0 bridgehead atoms. The molecule has 37 heavy (non-hydrogen) atoms. The van der Waals surface area contributed by atoms with Crippen LogP contribution < -0.4 is 0 Å². The van der Waals surface area contributed by atoms with E-state index < -0.39 is 28.6 Å². The smallest absolute Gasteiger partial charge is 0.248 e. The van der Waals surface area contributed by atoms with E-state index >= 15 is 0 Å². The second kappa shape index (κ2) is 9.70. The first-order valence-corrected chi connectivity index (χ1v) is 14.2. The van der Waals surface area contributed by atoms with Crippen LogP contribution in [0.25, 0.3) is 0 Å². The number of allylic oxidation sites excluding steroid dienone is 1. The number of aliphatic hydroxyl groups excluding tert-OH is 2. The van der Waals surface area contributed by atoms with Crippen LogP contribution in [-0.4, -0.2) is 88.7 Å². The van der Waals surface area contributed by atoms with E-state index in [1.165, 1.54) is 7.11 Å². The predicted octanol–water partition coefficient (Wildman–Crippen LogP) is 2.23. The van der Waals surface area contributed by atoms with Crippen molar-refractivity contribution >= 4 is 11.7 Å². The van der Waals surface area contributed by atoms with Crippen molar-refractivity contribution in [1.29, 1.82) is 0 Å². The average Bonchev–Trinajstić information content (AvgIpc) is 3.45. The van der Waals surface area contributed by atoms with Crippen LogP contribution in [0.1, 0.15) is 72.1 Å². The minimum Gasteiger partial charge on any atom is -0.390 e. The van der Waals surface area contributed by atoms with Crippen LogP contribution in [0.3, 0.4) is 0 Å². The van der Waals surface area contributed by atoms with Crippen LogP contribution >= 0.6 is 0 Å². The normalized spacial score (nSPS) is 46.0. The third-order valence-corrected chi connectivity index (χ3v) is 11.3. The molecule has 4 aliphatic carbocycles. The van der Waals surface area contributed by atoms with Crippen molar-refractivity contribution in [2.45, 2.75) is 102 Å². The monoisotopic (exact) mass is 519 g/mol. The fourth-order valence-electron chi connectivity index (χ4n) is 9.11. The molecule has 10 atom stereocenters. The van der Waals surface area contributed by atoms with E-state index in [1.807, 2.05) is 4.90 Å². The van der Waals surface area contributed by atoms with Crippen LogP contribution in [0, 0.1) is 28.6 Å². The Bertz CT molecular complexity index is 947. The number of carbonyl (C=O) groups is 2. The molecule has 0 spiro atoms. The first-order chi connectivity index (χ1) is 17.5. The maximum Gasteiger partial charge on any atom is 0.248 e. The number of amides is 1. The molecular formula is C29H45NO7. The second-order valence-corrected chi connectivity index (χ2v) is 13.0. The number of methoxy groups -OCH3 is 1. The average molecular weight is 520 g/mol. The minimum absolute atomic E-state index is 0.0115. The molecule has 5 rings (SSSR count). The van der Waals surface area contributed by atoms with Crippen LogP contribution in [0.5, 0.6) is 0 Å². The van der Waals surface area contributed by atoms with E-state index in [4.69, 9.17) is 9.47 Å². The van der Waals surface area contributed by atoms with Crippen molar-refractivity contribution < 1.29 is 34.4 Å².